The number of nitrogens with zero attached hydrogens (tertiary/aromatic N) is 2. The summed E-state index contributed by atoms with van der Waals surface area (Å²) in [5, 5.41) is 8.93. The molecule has 1 aromatic carbocycles. The van der Waals surface area contributed by atoms with E-state index in [-0.39, 0.29) is 0 Å². The first kappa shape index (κ1) is 12.4. The highest BCUT2D eigenvalue weighted by atomic mass is 15.0. The smallest absolute Gasteiger partial charge is 0.127 e. The van der Waals surface area contributed by atoms with Gasteiger partial charge < -0.3 is 10.6 Å². The molecule has 0 aliphatic heterocycles. The third kappa shape index (κ3) is 2.54. The lowest BCUT2D eigenvalue weighted by Gasteiger charge is -2.10. The quantitative estimate of drug-likeness (QED) is 0.752. The molecule has 2 N–H and O–H groups in total. The fraction of sp³-hybridized carbons (Fsp3) is 0.125. The Hall–Kier alpha value is -2.62. The van der Waals surface area contributed by atoms with E-state index in [1.54, 1.807) is 6.20 Å². The van der Waals surface area contributed by atoms with Crippen LogP contribution in [-0.4, -0.2) is 16.5 Å². The minimum atomic E-state index is 0.858. The monoisotopic (exact) mass is 264 g/mol. The SMILES string of the molecule is CCNc1cc(Nc2cccc3cnccc23)ccn1. The maximum Gasteiger partial charge on any atom is 0.127 e. The number of hydrogen-bond acceptors (Lipinski definition) is 4. The summed E-state index contributed by atoms with van der Waals surface area (Å²) in [4.78, 5) is 8.42. The zero-order valence-electron chi connectivity index (χ0n) is 11.3. The average Bonchev–Trinajstić information content (AvgIpc) is 2.48. The molecule has 0 amide bonds. The lowest BCUT2D eigenvalue weighted by Crippen LogP contribution is -2.00. The number of nitrogens with one attached hydrogen (secondary N) is 2. The molecule has 2 heterocycles. The van der Waals surface area contributed by atoms with Crippen LogP contribution < -0.4 is 10.6 Å². The molecule has 3 rings (SSSR count). The lowest BCUT2D eigenvalue weighted by atomic mass is 10.1. The molecule has 0 radical (unpaired) electrons. The topological polar surface area (TPSA) is 49.8 Å². The van der Waals surface area contributed by atoms with Gasteiger partial charge in [0.1, 0.15) is 5.82 Å². The Balaban J connectivity index is 1.95. The van der Waals surface area contributed by atoms with Crippen molar-refractivity contribution in [1.82, 2.24) is 9.97 Å². The first-order valence-corrected chi connectivity index (χ1v) is 6.66. The summed E-state index contributed by atoms with van der Waals surface area (Å²) in [6.07, 6.45) is 5.48. The molecular weight excluding hydrogens is 248 g/mol. The Kier molecular flexibility index (Phi) is 3.46. The number of pyridine rings is 2. The zero-order chi connectivity index (χ0) is 13.8. The Morgan fingerprint density at radius 1 is 1.10 bits per heavy atom. The Labute approximate surface area is 117 Å². The Morgan fingerprint density at radius 2 is 2.05 bits per heavy atom. The van der Waals surface area contributed by atoms with Crippen molar-refractivity contribution in [3.05, 3.63) is 55.0 Å². The first-order valence-electron chi connectivity index (χ1n) is 6.66. The van der Waals surface area contributed by atoms with E-state index in [0.717, 1.165) is 34.5 Å². The van der Waals surface area contributed by atoms with Crippen molar-refractivity contribution < 1.29 is 0 Å². The molecule has 20 heavy (non-hydrogen) atoms. The molecule has 0 fully saturated rings. The standard InChI is InChI=1S/C16H16N4/c1-2-18-16-10-13(6-9-19-16)20-15-5-3-4-12-11-17-8-7-14(12)15/h3-11H,2H2,1H3,(H2,18,19,20). The van der Waals surface area contributed by atoms with E-state index in [4.69, 9.17) is 0 Å². The fourth-order valence-corrected chi connectivity index (χ4v) is 2.17. The fourth-order valence-electron chi connectivity index (χ4n) is 2.17. The molecule has 0 spiro atoms. The number of rotatable bonds is 4. The number of hydrogen-bond donors (Lipinski definition) is 2. The summed E-state index contributed by atoms with van der Waals surface area (Å²) in [5.74, 6) is 0.874. The first-order chi connectivity index (χ1) is 9.86. The van der Waals surface area contributed by atoms with E-state index in [9.17, 15) is 0 Å². The van der Waals surface area contributed by atoms with Crippen molar-refractivity contribution in [1.29, 1.82) is 0 Å². The Bertz CT molecular complexity index is 719. The van der Waals surface area contributed by atoms with Gasteiger partial charge in [0.05, 0.1) is 0 Å². The molecule has 0 aliphatic rings. The van der Waals surface area contributed by atoms with Crippen LogP contribution >= 0.6 is 0 Å². The van der Waals surface area contributed by atoms with E-state index in [0.29, 0.717) is 0 Å². The summed E-state index contributed by atoms with van der Waals surface area (Å²) < 4.78 is 0. The molecule has 100 valence electrons. The van der Waals surface area contributed by atoms with E-state index in [2.05, 4.69) is 39.7 Å². The number of aromatic nitrogens is 2. The highest BCUT2D eigenvalue weighted by molar-refractivity contribution is 5.94. The molecule has 3 aromatic rings. The number of anilines is 3. The van der Waals surface area contributed by atoms with Crippen LogP contribution in [-0.2, 0) is 0 Å². The molecule has 0 saturated carbocycles. The summed E-state index contributed by atoms with van der Waals surface area (Å²) in [6, 6.07) is 12.1. The predicted octanol–water partition coefficient (Wildman–Crippen LogP) is 3.81. The van der Waals surface area contributed by atoms with E-state index >= 15 is 0 Å². The second kappa shape index (κ2) is 5.57. The number of fused-ring (bicyclic) bond motifs is 1. The third-order valence-electron chi connectivity index (χ3n) is 3.08. The third-order valence-corrected chi connectivity index (χ3v) is 3.08. The summed E-state index contributed by atoms with van der Waals surface area (Å²) in [5.41, 5.74) is 2.08. The number of benzene rings is 1. The Morgan fingerprint density at radius 3 is 2.95 bits per heavy atom. The van der Waals surface area contributed by atoms with Crippen LogP contribution in [0, 0.1) is 0 Å². The van der Waals surface area contributed by atoms with Gasteiger partial charge >= 0.3 is 0 Å². The molecule has 0 bridgehead atoms. The van der Waals surface area contributed by atoms with Gasteiger partial charge in [-0.25, -0.2) is 4.98 Å². The minimum Gasteiger partial charge on any atom is -0.370 e. The van der Waals surface area contributed by atoms with Crippen LogP contribution in [0.3, 0.4) is 0 Å². The van der Waals surface area contributed by atoms with Crippen molar-refractivity contribution in [3.63, 3.8) is 0 Å². The van der Waals surface area contributed by atoms with Crippen LogP contribution in [0.5, 0.6) is 0 Å². The van der Waals surface area contributed by atoms with Gasteiger partial charge in [-0.3, -0.25) is 4.98 Å². The summed E-state index contributed by atoms with van der Waals surface area (Å²) in [7, 11) is 0. The predicted molar refractivity (Wildman–Crippen MR) is 83.4 cm³/mol. The zero-order valence-corrected chi connectivity index (χ0v) is 11.3. The molecule has 4 nitrogen and oxygen atoms in total. The van der Waals surface area contributed by atoms with Crippen LogP contribution in [0.25, 0.3) is 10.8 Å². The van der Waals surface area contributed by atoms with Gasteiger partial charge in [-0.1, -0.05) is 12.1 Å². The van der Waals surface area contributed by atoms with Crippen molar-refractivity contribution in [2.45, 2.75) is 6.92 Å². The van der Waals surface area contributed by atoms with Crippen molar-refractivity contribution in [2.24, 2.45) is 0 Å². The summed E-state index contributed by atoms with van der Waals surface area (Å²) >= 11 is 0. The molecular formula is C16H16N4. The molecule has 2 aromatic heterocycles. The molecule has 0 saturated heterocycles. The van der Waals surface area contributed by atoms with Gasteiger partial charge in [0.15, 0.2) is 0 Å². The van der Waals surface area contributed by atoms with Gasteiger partial charge in [0.25, 0.3) is 0 Å². The second-order valence-corrected chi connectivity index (χ2v) is 4.49. The highest BCUT2D eigenvalue weighted by Gasteiger charge is 2.02. The summed E-state index contributed by atoms with van der Waals surface area (Å²) in [6.45, 7) is 2.91. The van der Waals surface area contributed by atoms with Crippen molar-refractivity contribution in [2.75, 3.05) is 17.2 Å². The van der Waals surface area contributed by atoms with Crippen LogP contribution in [0.15, 0.2) is 55.0 Å². The van der Waals surface area contributed by atoms with Gasteiger partial charge in [0, 0.05) is 53.3 Å². The van der Waals surface area contributed by atoms with Crippen LogP contribution in [0.2, 0.25) is 0 Å². The minimum absolute atomic E-state index is 0.858. The van der Waals surface area contributed by atoms with Gasteiger partial charge in [-0.2, -0.15) is 0 Å². The maximum atomic E-state index is 4.27. The molecule has 0 atom stereocenters. The van der Waals surface area contributed by atoms with E-state index in [1.807, 2.05) is 36.7 Å². The van der Waals surface area contributed by atoms with Crippen molar-refractivity contribution >= 4 is 28.0 Å². The largest absolute Gasteiger partial charge is 0.370 e. The molecule has 4 heteroatoms. The van der Waals surface area contributed by atoms with E-state index < -0.39 is 0 Å². The van der Waals surface area contributed by atoms with Gasteiger partial charge in [0.2, 0.25) is 0 Å². The van der Waals surface area contributed by atoms with Crippen LogP contribution in [0.1, 0.15) is 6.92 Å². The average molecular weight is 264 g/mol. The second-order valence-electron chi connectivity index (χ2n) is 4.49. The van der Waals surface area contributed by atoms with Crippen LogP contribution in [0.4, 0.5) is 17.2 Å². The van der Waals surface area contributed by atoms with E-state index in [1.165, 1.54) is 0 Å². The molecule has 0 aliphatic carbocycles. The maximum absolute atomic E-state index is 4.27. The van der Waals surface area contributed by atoms with Gasteiger partial charge in [-0.05, 0) is 25.1 Å². The van der Waals surface area contributed by atoms with Crippen molar-refractivity contribution in [3.8, 4) is 0 Å². The normalized spacial score (nSPS) is 10.4. The highest BCUT2D eigenvalue weighted by Crippen LogP contribution is 2.26. The molecule has 0 unspecified atom stereocenters. The van der Waals surface area contributed by atoms with Gasteiger partial charge in [-0.15, -0.1) is 0 Å². The lowest BCUT2D eigenvalue weighted by molar-refractivity contribution is 1.16.